The topological polar surface area (TPSA) is 62.0 Å². The van der Waals surface area contributed by atoms with Crippen molar-refractivity contribution in [1.29, 1.82) is 5.26 Å². The van der Waals surface area contributed by atoms with Crippen molar-refractivity contribution in [2.75, 3.05) is 18.7 Å². The second kappa shape index (κ2) is 4.38. The van der Waals surface area contributed by atoms with E-state index in [0.717, 1.165) is 0 Å². The Morgan fingerprint density at radius 2 is 2.23 bits per heavy atom. The van der Waals surface area contributed by atoms with Crippen LogP contribution in [0.2, 0.25) is 0 Å². The van der Waals surface area contributed by atoms with Gasteiger partial charge in [0.15, 0.2) is 11.5 Å². The predicted molar refractivity (Wildman–Crippen MR) is 46.8 cm³/mol. The molecule has 68 valence electrons. The molecule has 5 heteroatoms. The molecule has 1 aromatic heterocycles. The van der Waals surface area contributed by atoms with E-state index >= 15 is 0 Å². The van der Waals surface area contributed by atoms with E-state index in [4.69, 9.17) is 10.1 Å². The summed E-state index contributed by atoms with van der Waals surface area (Å²) in [5, 5.41) is 10.1. The van der Waals surface area contributed by atoms with Crippen molar-refractivity contribution in [1.82, 2.24) is 9.97 Å². The van der Waals surface area contributed by atoms with Crippen molar-refractivity contribution in [3.8, 4) is 6.07 Å². The van der Waals surface area contributed by atoms with Gasteiger partial charge < -0.3 is 0 Å². The maximum Gasteiger partial charge on any atom is 0.189 e. The first-order valence-corrected chi connectivity index (χ1v) is 3.87. The molecule has 0 radical (unpaired) electrons. The Bertz CT molecular complexity index is 320. The van der Waals surface area contributed by atoms with Crippen molar-refractivity contribution in [3.05, 3.63) is 18.1 Å². The number of anilines is 1. The van der Waals surface area contributed by atoms with Gasteiger partial charge in [0.25, 0.3) is 0 Å². The quantitative estimate of drug-likeness (QED) is 0.638. The molecule has 0 N–H and O–H groups in total. The van der Waals surface area contributed by atoms with E-state index in [1.807, 2.05) is 13.0 Å². The molecule has 0 aliphatic rings. The fourth-order valence-corrected chi connectivity index (χ4v) is 0.895. The zero-order valence-electron chi connectivity index (χ0n) is 7.56. The fourth-order valence-electron chi connectivity index (χ4n) is 0.895. The van der Waals surface area contributed by atoms with Gasteiger partial charge in [-0.15, -0.1) is 0 Å². The third kappa shape index (κ3) is 2.13. The molecule has 0 unspecified atom stereocenters. The molecule has 0 saturated carbocycles. The highest BCUT2D eigenvalue weighted by Gasteiger charge is 2.08. The Kier molecular flexibility index (Phi) is 3.17. The van der Waals surface area contributed by atoms with Crippen LogP contribution in [0.25, 0.3) is 0 Å². The van der Waals surface area contributed by atoms with Crippen LogP contribution in [0, 0.1) is 11.3 Å². The molecular formula is C8H10N4O. The third-order valence-electron chi connectivity index (χ3n) is 1.41. The normalized spacial score (nSPS) is 9.31. The summed E-state index contributed by atoms with van der Waals surface area (Å²) in [5.41, 5.74) is 0.262. The van der Waals surface area contributed by atoms with Crippen LogP contribution in [0.5, 0.6) is 0 Å². The first-order valence-electron chi connectivity index (χ1n) is 3.87. The highest BCUT2D eigenvalue weighted by atomic mass is 16.7. The average molecular weight is 178 g/mol. The van der Waals surface area contributed by atoms with Crippen molar-refractivity contribution >= 4 is 5.82 Å². The molecule has 1 aromatic rings. The van der Waals surface area contributed by atoms with Gasteiger partial charge in [-0.05, 0) is 6.92 Å². The lowest BCUT2D eigenvalue weighted by molar-refractivity contribution is 0.132. The number of hydrogen-bond acceptors (Lipinski definition) is 5. The second-order valence-corrected chi connectivity index (χ2v) is 2.26. The monoisotopic (exact) mass is 178 g/mol. The maximum atomic E-state index is 8.70. The molecule has 0 amide bonds. The molecule has 0 atom stereocenters. The number of nitrogens with zero attached hydrogens (tertiary/aromatic N) is 4. The minimum atomic E-state index is 0.262. The SMILES string of the molecule is CCON(C)c1nccnc1C#N. The molecule has 0 saturated heterocycles. The van der Waals surface area contributed by atoms with E-state index in [-0.39, 0.29) is 5.69 Å². The zero-order chi connectivity index (χ0) is 9.68. The van der Waals surface area contributed by atoms with Crippen molar-refractivity contribution in [2.45, 2.75) is 6.92 Å². The molecule has 1 heterocycles. The fraction of sp³-hybridized carbons (Fsp3) is 0.375. The van der Waals surface area contributed by atoms with Crippen LogP contribution in [0.15, 0.2) is 12.4 Å². The van der Waals surface area contributed by atoms with Gasteiger partial charge in [0, 0.05) is 19.4 Å². The smallest absolute Gasteiger partial charge is 0.189 e. The van der Waals surface area contributed by atoms with E-state index in [9.17, 15) is 0 Å². The van der Waals surface area contributed by atoms with Gasteiger partial charge in [-0.1, -0.05) is 0 Å². The molecule has 13 heavy (non-hydrogen) atoms. The molecule has 5 nitrogen and oxygen atoms in total. The summed E-state index contributed by atoms with van der Waals surface area (Å²) in [6.45, 7) is 2.39. The molecule has 1 rings (SSSR count). The summed E-state index contributed by atoms with van der Waals surface area (Å²) < 4.78 is 0. The molecular weight excluding hydrogens is 168 g/mol. The Labute approximate surface area is 76.6 Å². The lowest BCUT2D eigenvalue weighted by atomic mass is 10.4. The zero-order valence-corrected chi connectivity index (χ0v) is 7.56. The van der Waals surface area contributed by atoms with Crippen LogP contribution in [0.1, 0.15) is 12.6 Å². The number of nitriles is 1. The van der Waals surface area contributed by atoms with Crippen LogP contribution in [0.3, 0.4) is 0 Å². The van der Waals surface area contributed by atoms with Crippen LogP contribution in [-0.4, -0.2) is 23.6 Å². The van der Waals surface area contributed by atoms with Gasteiger partial charge in [0.2, 0.25) is 0 Å². The summed E-state index contributed by atoms with van der Waals surface area (Å²) in [5.74, 6) is 0.437. The molecule has 0 aliphatic heterocycles. The molecule has 0 bridgehead atoms. The number of aromatic nitrogens is 2. The van der Waals surface area contributed by atoms with Crippen LogP contribution in [0.4, 0.5) is 5.82 Å². The summed E-state index contributed by atoms with van der Waals surface area (Å²) in [7, 11) is 1.69. The minimum absolute atomic E-state index is 0.262. The first-order chi connectivity index (χ1) is 6.29. The van der Waals surface area contributed by atoms with E-state index in [1.165, 1.54) is 17.5 Å². The highest BCUT2D eigenvalue weighted by molar-refractivity contribution is 5.46. The van der Waals surface area contributed by atoms with E-state index in [0.29, 0.717) is 12.4 Å². The third-order valence-corrected chi connectivity index (χ3v) is 1.41. The van der Waals surface area contributed by atoms with E-state index in [1.54, 1.807) is 7.05 Å². The lowest BCUT2D eigenvalue weighted by Crippen LogP contribution is -2.20. The summed E-state index contributed by atoms with van der Waals surface area (Å²) in [4.78, 5) is 13.0. The Balaban J connectivity index is 2.93. The number of rotatable bonds is 3. The molecule has 0 fully saturated rings. The maximum absolute atomic E-state index is 8.70. The van der Waals surface area contributed by atoms with Gasteiger partial charge in [-0.3, -0.25) is 4.84 Å². The standard InChI is InChI=1S/C8H10N4O/c1-3-13-12(2)8-7(6-9)10-4-5-11-8/h4-5H,3H2,1-2H3. The first kappa shape index (κ1) is 9.42. The van der Waals surface area contributed by atoms with Crippen molar-refractivity contribution < 1.29 is 4.84 Å². The van der Waals surface area contributed by atoms with Gasteiger partial charge in [0.05, 0.1) is 6.61 Å². The minimum Gasteiger partial charge on any atom is -0.273 e. The lowest BCUT2D eigenvalue weighted by Gasteiger charge is -2.16. The summed E-state index contributed by atoms with van der Waals surface area (Å²) in [6.07, 6.45) is 2.99. The van der Waals surface area contributed by atoms with Crippen LogP contribution >= 0.6 is 0 Å². The Morgan fingerprint density at radius 1 is 1.54 bits per heavy atom. The predicted octanol–water partition coefficient (Wildman–Crippen LogP) is 0.736. The summed E-state index contributed by atoms with van der Waals surface area (Å²) >= 11 is 0. The Hall–Kier alpha value is -1.67. The van der Waals surface area contributed by atoms with Crippen LogP contribution < -0.4 is 5.06 Å². The number of hydrogen-bond donors (Lipinski definition) is 0. The van der Waals surface area contributed by atoms with Crippen LogP contribution in [-0.2, 0) is 4.84 Å². The van der Waals surface area contributed by atoms with E-state index < -0.39 is 0 Å². The van der Waals surface area contributed by atoms with Crippen molar-refractivity contribution in [2.24, 2.45) is 0 Å². The van der Waals surface area contributed by atoms with E-state index in [2.05, 4.69) is 9.97 Å². The second-order valence-electron chi connectivity index (χ2n) is 2.26. The van der Waals surface area contributed by atoms with Gasteiger partial charge in [0.1, 0.15) is 6.07 Å². The average Bonchev–Trinajstić information content (AvgIpc) is 2.18. The summed E-state index contributed by atoms with van der Waals surface area (Å²) in [6, 6.07) is 1.94. The molecule has 0 aromatic carbocycles. The van der Waals surface area contributed by atoms with Gasteiger partial charge >= 0.3 is 0 Å². The molecule has 0 aliphatic carbocycles. The van der Waals surface area contributed by atoms with Crippen molar-refractivity contribution in [3.63, 3.8) is 0 Å². The highest BCUT2D eigenvalue weighted by Crippen LogP contribution is 2.11. The molecule has 0 spiro atoms. The van der Waals surface area contributed by atoms with Gasteiger partial charge in [-0.2, -0.15) is 5.26 Å². The van der Waals surface area contributed by atoms with Gasteiger partial charge in [-0.25, -0.2) is 15.0 Å². The number of hydroxylamine groups is 1. The largest absolute Gasteiger partial charge is 0.273 e. The Morgan fingerprint density at radius 3 is 2.85 bits per heavy atom.